The van der Waals surface area contributed by atoms with E-state index >= 15 is 0 Å². The second kappa shape index (κ2) is 6.07. The third-order valence-electron chi connectivity index (χ3n) is 2.15. The molecule has 0 aromatic heterocycles. The molecule has 1 aromatic carbocycles. The van der Waals surface area contributed by atoms with E-state index in [9.17, 15) is 4.79 Å². The molecule has 0 radical (unpaired) electrons. The van der Waals surface area contributed by atoms with Crippen LogP contribution in [0.15, 0.2) is 18.2 Å². The number of ether oxygens (including phenoxy) is 2. The van der Waals surface area contributed by atoms with Crippen LogP contribution in [0.2, 0.25) is 0 Å². The average Bonchev–Trinajstić information content (AvgIpc) is 2.35. The van der Waals surface area contributed by atoms with Gasteiger partial charge < -0.3 is 25.4 Å². The summed E-state index contributed by atoms with van der Waals surface area (Å²) < 4.78 is 10.3. The summed E-state index contributed by atoms with van der Waals surface area (Å²) in [5, 5.41) is 17.5. The van der Waals surface area contributed by atoms with E-state index < -0.39 is 12.0 Å². The summed E-state index contributed by atoms with van der Waals surface area (Å²) in [7, 11) is 1.46. The van der Waals surface area contributed by atoms with Gasteiger partial charge in [-0.05, 0) is 17.7 Å². The number of carbonyl (C=O) groups is 1. The maximum absolute atomic E-state index is 10.5. The summed E-state index contributed by atoms with van der Waals surface area (Å²) in [5.41, 5.74) is 5.98. The van der Waals surface area contributed by atoms with Gasteiger partial charge in [0.2, 0.25) is 0 Å². The minimum absolute atomic E-state index is 0.106. The van der Waals surface area contributed by atoms with Gasteiger partial charge in [-0.2, -0.15) is 0 Å². The van der Waals surface area contributed by atoms with Crippen LogP contribution in [0.1, 0.15) is 5.56 Å². The number of aliphatic hydroxyl groups is 1. The smallest absolute Gasteiger partial charge is 0.324 e. The number of hydrogen-bond donors (Lipinski definition) is 3. The molecule has 4 N–H and O–H groups in total. The van der Waals surface area contributed by atoms with E-state index in [4.69, 9.17) is 25.4 Å². The highest BCUT2D eigenvalue weighted by atomic mass is 16.5. The molecule has 0 bridgehead atoms. The fraction of sp³-hybridized carbons (Fsp3) is 0.364. The van der Waals surface area contributed by atoms with Gasteiger partial charge in [0.1, 0.15) is 12.6 Å². The van der Waals surface area contributed by atoms with Gasteiger partial charge in [0.25, 0.3) is 0 Å². The predicted molar refractivity (Wildman–Crippen MR) is 60.0 cm³/mol. The first-order valence-electron chi connectivity index (χ1n) is 4.97. The number of methoxy groups -OCH3 is 1. The van der Waals surface area contributed by atoms with Crippen molar-refractivity contribution in [2.24, 2.45) is 5.73 Å². The van der Waals surface area contributed by atoms with Gasteiger partial charge in [0.15, 0.2) is 11.5 Å². The summed E-state index contributed by atoms with van der Waals surface area (Å²) >= 11 is 0. The third kappa shape index (κ3) is 3.61. The molecule has 0 fully saturated rings. The van der Waals surface area contributed by atoms with Crippen molar-refractivity contribution >= 4 is 5.97 Å². The maximum atomic E-state index is 10.5. The monoisotopic (exact) mass is 241 g/mol. The Balaban J connectivity index is 2.73. The van der Waals surface area contributed by atoms with Crippen LogP contribution in [0.4, 0.5) is 0 Å². The molecule has 1 atom stereocenters. The van der Waals surface area contributed by atoms with Crippen molar-refractivity contribution in [1.82, 2.24) is 0 Å². The van der Waals surface area contributed by atoms with E-state index in [1.807, 2.05) is 0 Å². The molecule has 94 valence electrons. The first-order valence-corrected chi connectivity index (χ1v) is 4.97. The number of carboxylic acid groups (broad SMARTS) is 1. The van der Waals surface area contributed by atoms with Gasteiger partial charge in [0.05, 0.1) is 13.7 Å². The normalized spacial score (nSPS) is 11.9. The zero-order valence-electron chi connectivity index (χ0n) is 9.42. The Morgan fingerprint density at radius 1 is 1.47 bits per heavy atom. The Labute approximate surface area is 98.6 Å². The average molecular weight is 241 g/mol. The second-order valence-corrected chi connectivity index (χ2v) is 3.40. The molecule has 0 aliphatic heterocycles. The number of carboxylic acids is 1. The van der Waals surface area contributed by atoms with Crippen LogP contribution in [-0.2, 0) is 11.4 Å². The molecular weight excluding hydrogens is 226 g/mol. The molecule has 0 amide bonds. The number of rotatable bonds is 6. The van der Waals surface area contributed by atoms with Crippen LogP contribution in [0.3, 0.4) is 0 Å². The van der Waals surface area contributed by atoms with Crippen molar-refractivity contribution in [2.75, 3.05) is 13.7 Å². The lowest BCUT2D eigenvalue weighted by atomic mass is 10.2. The van der Waals surface area contributed by atoms with Crippen LogP contribution in [0, 0.1) is 0 Å². The van der Waals surface area contributed by atoms with Crippen LogP contribution in [0.5, 0.6) is 11.5 Å². The molecule has 0 saturated heterocycles. The Morgan fingerprint density at radius 3 is 2.71 bits per heavy atom. The molecule has 1 rings (SSSR count). The number of aliphatic hydroxyl groups excluding tert-OH is 1. The second-order valence-electron chi connectivity index (χ2n) is 3.40. The van der Waals surface area contributed by atoms with Crippen molar-refractivity contribution in [3.8, 4) is 11.5 Å². The Bertz CT molecular complexity index is 393. The predicted octanol–water partition coefficient (Wildman–Crippen LogP) is -0.0218. The number of hydrogen-bond acceptors (Lipinski definition) is 5. The molecule has 1 unspecified atom stereocenters. The van der Waals surface area contributed by atoms with Crippen molar-refractivity contribution in [3.63, 3.8) is 0 Å². The zero-order valence-corrected chi connectivity index (χ0v) is 9.42. The maximum Gasteiger partial charge on any atom is 0.324 e. The van der Waals surface area contributed by atoms with Crippen LogP contribution in [0.25, 0.3) is 0 Å². The third-order valence-corrected chi connectivity index (χ3v) is 2.15. The first kappa shape index (κ1) is 13.3. The SMILES string of the molecule is COc1cc(CO)ccc1OCC(N)C(=O)O. The topological polar surface area (TPSA) is 102 Å². The van der Waals surface area contributed by atoms with E-state index in [0.29, 0.717) is 17.1 Å². The van der Waals surface area contributed by atoms with Crippen LogP contribution >= 0.6 is 0 Å². The van der Waals surface area contributed by atoms with E-state index in [1.165, 1.54) is 7.11 Å². The highest BCUT2D eigenvalue weighted by Crippen LogP contribution is 2.28. The fourth-order valence-corrected chi connectivity index (χ4v) is 1.18. The highest BCUT2D eigenvalue weighted by Gasteiger charge is 2.13. The molecule has 17 heavy (non-hydrogen) atoms. The zero-order chi connectivity index (χ0) is 12.8. The lowest BCUT2D eigenvalue weighted by molar-refractivity contribution is -0.139. The Kier molecular flexibility index (Phi) is 4.74. The summed E-state index contributed by atoms with van der Waals surface area (Å²) in [5.74, 6) is -0.313. The fourth-order valence-electron chi connectivity index (χ4n) is 1.18. The highest BCUT2D eigenvalue weighted by molar-refractivity contribution is 5.73. The molecule has 0 aliphatic carbocycles. The van der Waals surface area contributed by atoms with Crippen molar-refractivity contribution in [1.29, 1.82) is 0 Å². The lowest BCUT2D eigenvalue weighted by Crippen LogP contribution is -2.36. The molecule has 0 aliphatic rings. The van der Waals surface area contributed by atoms with Gasteiger partial charge in [-0.15, -0.1) is 0 Å². The van der Waals surface area contributed by atoms with Crippen molar-refractivity contribution < 1.29 is 24.5 Å². The molecule has 6 heteroatoms. The molecular formula is C11H15NO5. The lowest BCUT2D eigenvalue weighted by Gasteiger charge is -2.13. The molecule has 0 spiro atoms. The number of aliphatic carboxylic acids is 1. The van der Waals surface area contributed by atoms with Gasteiger partial charge in [0, 0.05) is 0 Å². The van der Waals surface area contributed by atoms with Crippen LogP contribution < -0.4 is 15.2 Å². The number of nitrogens with two attached hydrogens (primary N) is 1. The number of benzene rings is 1. The van der Waals surface area contributed by atoms with Crippen LogP contribution in [-0.4, -0.2) is 35.9 Å². The Morgan fingerprint density at radius 2 is 2.18 bits per heavy atom. The van der Waals surface area contributed by atoms with Gasteiger partial charge in [-0.25, -0.2) is 0 Å². The largest absolute Gasteiger partial charge is 0.493 e. The van der Waals surface area contributed by atoms with E-state index in [2.05, 4.69) is 0 Å². The van der Waals surface area contributed by atoms with E-state index in [1.54, 1.807) is 18.2 Å². The summed E-state index contributed by atoms with van der Waals surface area (Å²) in [6.45, 7) is -0.255. The molecule has 1 aromatic rings. The molecule has 6 nitrogen and oxygen atoms in total. The standard InChI is InChI=1S/C11H15NO5/c1-16-10-4-7(5-13)2-3-9(10)17-6-8(12)11(14)15/h2-4,8,13H,5-6,12H2,1H3,(H,14,15). The minimum atomic E-state index is -1.13. The van der Waals surface area contributed by atoms with Crippen molar-refractivity contribution in [3.05, 3.63) is 23.8 Å². The van der Waals surface area contributed by atoms with Gasteiger partial charge >= 0.3 is 5.97 Å². The molecule has 0 saturated carbocycles. The van der Waals surface area contributed by atoms with E-state index in [0.717, 1.165) is 0 Å². The molecule has 0 heterocycles. The summed E-state index contributed by atoms with van der Waals surface area (Å²) in [6, 6.07) is 3.78. The Hall–Kier alpha value is -1.79. The van der Waals surface area contributed by atoms with E-state index in [-0.39, 0.29) is 13.2 Å². The van der Waals surface area contributed by atoms with Gasteiger partial charge in [-0.1, -0.05) is 6.07 Å². The summed E-state index contributed by atoms with van der Waals surface area (Å²) in [6.07, 6.45) is 0. The van der Waals surface area contributed by atoms with Crippen molar-refractivity contribution in [2.45, 2.75) is 12.6 Å². The summed E-state index contributed by atoms with van der Waals surface area (Å²) in [4.78, 5) is 10.5. The minimum Gasteiger partial charge on any atom is -0.493 e. The van der Waals surface area contributed by atoms with Gasteiger partial charge in [-0.3, -0.25) is 4.79 Å². The first-order chi connectivity index (χ1) is 8.08. The quantitative estimate of drug-likeness (QED) is 0.646.